The molecule has 0 spiro atoms. The van der Waals surface area contributed by atoms with Gasteiger partial charge < -0.3 is 9.29 Å². The number of halogens is 1. The monoisotopic (exact) mass is 275 g/mol. The predicted molar refractivity (Wildman–Crippen MR) is 57.6 cm³/mol. The minimum Gasteiger partial charge on any atom is -0.478 e. The van der Waals surface area contributed by atoms with Crippen LogP contribution >= 0.6 is 0 Å². The molecule has 1 aromatic rings. The molecule has 0 aromatic heterocycles. The number of nitrogens with zero attached hydrogens (tertiary/aromatic N) is 3. The van der Waals surface area contributed by atoms with E-state index >= 15 is 0 Å². The highest BCUT2D eigenvalue weighted by Crippen LogP contribution is 2.31. The fraction of sp³-hybridized carbons (Fsp3) is 0.125. The lowest BCUT2D eigenvalue weighted by molar-refractivity contribution is 0.0696. The van der Waals surface area contributed by atoms with Gasteiger partial charge in [-0.2, -0.15) is 8.42 Å². The first-order chi connectivity index (χ1) is 8.24. The van der Waals surface area contributed by atoms with Crippen molar-refractivity contribution in [2.24, 2.45) is 5.11 Å². The first-order valence-electron chi connectivity index (χ1n) is 4.31. The van der Waals surface area contributed by atoms with E-state index in [1.54, 1.807) is 0 Å². The van der Waals surface area contributed by atoms with Gasteiger partial charge in [0, 0.05) is 16.2 Å². The van der Waals surface area contributed by atoms with E-state index in [9.17, 15) is 17.1 Å². The van der Waals surface area contributed by atoms with Crippen LogP contribution in [-0.2, 0) is 10.5 Å². The van der Waals surface area contributed by atoms with Gasteiger partial charge in [-0.05, 0) is 24.6 Å². The fourth-order valence-corrected chi connectivity index (χ4v) is 1.53. The molecule has 0 bridgehead atoms. The van der Waals surface area contributed by atoms with Crippen LogP contribution in [0.1, 0.15) is 15.9 Å². The van der Waals surface area contributed by atoms with Gasteiger partial charge in [-0.1, -0.05) is 9.00 Å². The van der Waals surface area contributed by atoms with Crippen LogP contribution in [0, 0.1) is 6.92 Å². The lowest BCUT2D eigenvalue weighted by Gasteiger charge is -2.08. The summed E-state index contributed by atoms with van der Waals surface area (Å²) in [6.45, 7) is 1.29. The maximum Gasteiger partial charge on any atom is 0.488 e. The van der Waals surface area contributed by atoms with Crippen LogP contribution in [0.15, 0.2) is 17.2 Å². The van der Waals surface area contributed by atoms with Crippen LogP contribution < -0.4 is 4.18 Å². The van der Waals surface area contributed by atoms with E-state index in [0.29, 0.717) is 0 Å². The second-order valence-electron chi connectivity index (χ2n) is 3.09. The minimum atomic E-state index is -5.30. The van der Waals surface area contributed by atoms with Crippen molar-refractivity contribution < 1.29 is 26.4 Å². The molecule has 0 atom stereocenters. The van der Waals surface area contributed by atoms with Gasteiger partial charge in [0.05, 0.1) is 5.56 Å². The molecule has 0 amide bonds. The van der Waals surface area contributed by atoms with Crippen molar-refractivity contribution in [1.29, 1.82) is 0 Å². The highest BCUT2D eigenvalue weighted by atomic mass is 32.3. The second-order valence-corrected chi connectivity index (χ2v) is 4.04. The Balaban J connectivity index is 3.49. The fourth-order valence-electron chi connectivity index (χ4n) is 1.14. The molecule has 0 heterocycles. The Hall–Kier alpha value is -2.32. The lowest BCUT2D eigenvalue weighted by atomic mass is 10.1. The van der Waals surface area contributed by atoms with Crippen molar-refractivity contribution in [2.75, 3.05) is 0 Å². The van der Waals surface area contributed by atoms with Crippen LogP contribution in [0.3, 0.4) is 0 Å². The molecule has 0 aliphatic rings. The van der Waals surface area contributed by atoms with Gasteiger partial charge in [0.15, 0.2) is 0 Å². The van der Waals surface area contributed by atoms with E-state index in [2.05, 4.69) is 14.2 Å². The van der Waals surface area contributed by atoms with E-state index in [1.165, 1.54) is 6.92 Å². The van der Waals surface area contributed by atoms with Gasteiger partial charge in [-0.3, -0.25) is 0 Å². The summed E-state index contributed by atoms with van der Waals surface area (Å²) in [5.41, 5.74) is 7.70. The number of hydrogen-bond acceptors (Lipinski definition) is 5. The maximum absolute atomic E-state index is 12.4. The number of carboxylic acids is 1. The van der Waals surface area contributed by atoms with Gasteiger partial charge >= 0.3 is 16.5 Å². The molecule has 1 N–H and O–H groups in total. The third kappa shape index (κ3) is 3.34. The highest BCUT2D eigenvalue weighted by Gasteiger charge is 2.17. The molecule has 0 saturated heterocycles. The normalized spacial score (nSPS) is 10.6. The number of carbonyl (C=O) groups is 1. The zero-order valence-electron chi connectivity index (χ0n) is 8.86. The topological polar surface area (TPSA) is 129 Å². The zero-order valence-corrected chi connectivity index (χ0v) is 9.68. The summed E-state index contributed by atoms with van der Waals surface area (Å²) in [4.78, 5) is 13.2. The molecule has 18 heavy (non-hydrogen) atoms. The molecular formula is C8H6FN3O5S. The standard InChI is InChI=1S/C8H6FN3O5S/c1-4-6(11-12-10)2-5(8(13)14)3-7(4)17-18(9,15)16/h2-3H,1H3,(H,13,14). The summed E-state index contributed by atoms with van der Waals surface area (Å²) in [5.74, 6) is -1.97. The molecule has 8 nitrogen and oxygen atoms in total. The molecule has 0 aliphatic carbocycles. The van der Waals surface area contributed by atoms with E-state index in [4.69, 9.17) is 10.6 Å². The lowest BCUT2D eigenvalue weighted by Crippen LogP contribution is -2.05. The number of benzene rings is 1. The summed E-state index contributed by atoms with van der Waals surface area (Å²) in [5, 5.41) is 11.9. The first kappa shape index (κ1) is 13.7. The average Bonchev–Trinajstić information content (AvgIpc) is 2.21. The van der Waals surface area contributed by atoms with Gasteiger partial charge in [-0.25, -0.2) is 4.79 Å². The average molecular weight is 275 g/mol. The Kier molecular flexibility index (Phi) is 3.74. The van der Waals surface area contributed by atoms with Crippen molar-refractivity contribution in [3.63, 3.8) is 0 Å². The number of rotatable bonds is 4. The third-order valence-electron chi connectivity index (χ3n) is 1.92. The van der Waals surface area contributed by atoms with Gasteiger partial charge in [0.2, 0.25) is 0 Å². The Bertz CT molecular complexity index is 651. The number of hydrogen-bond donors (Lipinski definition) is 1. The molecule has 10 heteroatoms. The molecule has 0 unspecified atom stereocenters. The predicted octanol–water partition coefficient (Wildman–Crippen LogP) is 2.23. The van der Waals surface area contributed by atoms with E-state index in [1.807, 2.05) is 0 Å². The smallest absolute Gasteiger partial charge is 0.478 e. The summed E-state index contributed by atoms with van der Waals surface area (Å²) >= 11 is 0. The SMILES string of the molecule is Cc1c(N=[N+]=[N-])cc(C(=O)O)cc1OS(=O)(=O)F. The summed E-state index contributed by atoms with van der Waals surface area (Å²) in [7, 11) is -5.30. The minimum absolute atomic E-state index is 0.000903. The van der Waals surface area contributed by atoms with Crippen LogP contribution in [0.4, 0.5) is 9.57 Å². The molecule has 0 saturated carbocycles. The Labute approximate surface area is 101 Å². The van der Waals surface area contributed by atoms with Crippen molar-refractivity contribution in [3.05, 3.63) is 33.7 Å². The van der Waals surface area contributed by atoms with Crippen molar-refractivity contribution in [2.45, 2.75) is 6.92 Å². The maximum atomic E-state index is 12.4. The molecule has 96 valence electrons. The molecular weight excluding hydrogens is 269 g/mol. The first-order valence-corrected chi connectivity index (χ1v) is 5.62. The van der Waals surface area contributed by atoms with Crippen molar-refractivity contribution >= 4 is 22.2 Å². The number of carboxylic acid groups (broad SMARTS) is 1. The molecule has 1 rings (SSSR count). The summed E-state index contributed by atoms with van der Waals surface area (Å²) in [6.07, 6.45) is 0. The van der Waals surface area contributed by atoms with Crippen LogP contribution in [-0.4, -0.2) is 19.5 Å². The molecule has 0 radical (unpaired) electrons. The Morgan fingerprint density at radius 1 is 1.56 bits per heavy atom. The number of aromatic carboxylic acids is 1. The van der Waals surface area contributed by atoms with Gasteiger partial charge in [0.1, 0.15) is 5.75 Å². The van der Waals surface area contributed by atoms with Crippen LogP contribution in [0.2, 0.25) is 0 Å². The van der Waals surface area contributed by atoms with Crippen LogP contribution in [0.25, 0.3) is 10.4 Å². The molecule has 1 aromatic carbocycles. The molecule has 0 fully saturated rings. The van der Waals surface area contributed by atoms with E-state index in [-0.39, 0.29) is 11.3 Å². The Morgan fingerprint density at radius 2 is 2.17 bits per heavy atom. The second kappa shape index (κ2) is 4.90. The van der Waals surface area contributed by atoms with Crippen LogP contribution in [0.5, 0.6) is 5.75 Å². The highest BCUT2D eigenvalue weighted by molar-refractivity contribution is 7.81. The summed E-state index contributed by atoms with van der Waals surface area (Å²) in [6, 6.07) is 1.82. The van der Waals surface area contributed by atoms with E-state index < -0.39 is 27.8 Å². The third-order valence-corrected chi connectivity index (χ3v) is 2.30. The van der Waals surface area contributed by atoms with E-state index in [0.717, 1.165) is 12.1 Å². The van der Waals surface area contributed by atoms with Crippen molar-refractivity contribution in [3.8, 4) is 5.75 Å². The Morgan fingerprint density at radius 3 is 2.61 bits per heavy atom. The summed E-state index contributed by atoms with van der Waals surface area (Å²) < 4.78 is 37.1. The van der Waals surface area contributed by atoms with Gasteiger partial charge in [-0.15, -0.1) is 0 Å². The van der Waals surface area contributed by atoms with Gasteiger partial charge in [0.25, 0.3) is 0 Å². The quantitative estimate of drug-likeness (QED) is 0.389. The zero-order chi connectivity index (χ0) is 13.9. The number of azide groups is 1. The largest absolute Gasteiger partial charge is 0.488 e. The van der Waals surface area contributed by atoms with Crippen molar-refractivity contribution in [1.82, 2.24) is 0 Å². The molecule has 0 aliphatic heterocycles.